The summed E-state index contributed by atoms with van der Waals surface area (Å²) in [5, 5.41) is 0.488. The van der Waals surface area contributed by atoms with E-state index in [1.807, 2.05) is 6.07 Å². The maximum atomic E-state index is 13.8. The molecule has 8 heteroatoms. The Bertz CT molecular complexity index is 1530. The van der Waals surface area contributed by atoms with Gasteiger partial charge in [-0.1, -0.05) is 63.9 Å². The number of hydrogen-bond donors (Lipinski definition) is 0. The van der Waals surface area contributed by atoms with Crippen molar-refractivity contribution in [3.63, 3.8) is 0 Å². The SMILES string of the molecule is O=C(C1=C[C@@H]2[C@@H]3C(=O)N(c4ccc(Br)cc4)C(=O)[C@H]3[C@@H](C(=O)c3ccc(Cl)cc3)N2C=C1)c1ccccc1. The van der Waals surface area contributed by atoms with Gasteiger partial charge in [0.2, 0.25) is 11.8 Å². The highest BCUT2D eigenvalue weighted by Gasteiger charge is 2.63. The number of allylic oxidation sites excluding steroid dienone is 2. The summed E-state index contributed by atoms with van der Waals surface area (Å²) >= 11 is 9.41. The fraction of sp³-hybridized carbons (Fsp3) is 0.133. The minimum absolute atomic E-state index is 0.188. The highest BCUT2D eigenvalue weighted by Crippen LogP contribution is 2.47. The van der Waals surface area contributed by atoms with Gasteiger partial charge in [-0.15, -0.1) is 0 Å². The standard InChI is InChI=1S/C30H20BrClN2O4/c31-20-8-12-22(13-9-20)34-29(37)24-23-16-19(27(35)17-4-2-1-3-5-17)14-15-33(23)26(25(24)30(34)38)28(36)18-6-10-21(32)11-7-18/h1-16,23-26H/t23-,24+,25-,26+/m1/s1. The van der Waals surface area contributed by atoms with Crippen LogP contribution in [0.25, 0.3) is 0 Å². The van der Waals surface area contributed by atoms with Crippen LogP contribution in [0.2, 0.25) is 5.02 Å². The summed E-state index contributed by atoms with van der Waals surface area (Å²) < 4.78 is 0.812. The van der Waals surface area contributed by atoms with Crippen LogP contribution in [0.1, 0.15) is 20.7 Å². The summed E-state index contributed by atoms with van der Waals surface area (Å²) in [5.74, 6) is -3.02. The van der Waals surface area contributed by atoms with E-state index < -0.39 is 29.8 Å². The van der Waals surface area contributed by atoms with Gasteiger partial charge in [0.05, 0.1) is 23.6 Å². The minimum Gasteiger partial charge on any atom is -0.359 e. The monoisotopic (exact) mass is 586 g/mol. The van der Waals surface area contributed by atoms with Crippen molar-refractivity contribution in [1.29, 1.82) is 0 Å². The third kappa shape index (κ3) is 3.94. The molecule has 3 heterocycles. The smallest absolute Gasteiger partial charge is 0.240 e. The first-order chi connectivity index (χ1) is 18.3. The Kier molecular flexibility index (Phi) is 6.13. The van der Waals surface area contributed by atoms with Crippen LogP contribution in [0.3, 0.4) is 0 Å². The van der Waals surface area contributed by atoms with Crippen LogP contribution in [0.5, 0.6) is 0 Å². The molecule has 0 aliphatic carbocycles. The third-order valence-electron chi connectivity index (χ3n) is 7.33. The molecule has 2 amide bonds. The molecule has 3 aliphatic rings. The number of imide groups is 1. The number of carbonyl (C=O) groups is 4. The van der Waals surface area contributed by atoms with Gasteiger partial charge in [0.1, 0.15) is 6.04 Å². The lowest BCUT2D eigenvalue weighted by atomic mass is 9.85. The fourth-order valence-electron chi connectivity index (χ4n) is 5.58. The van der Waals surface area contributed by atoms with E-state index in [0.29, 0.717) is 27.4 Å². The van der Waals surface area contributed by atoms with Crippen molar-refractivity contribution in [2.24, 2.45) is 11.8 Å². The normalized spacial score (nSPS) is 23.8. The molecule has 6 rings (SSSR count). The minimum atomic E-state index is -0.913. The highest BCUT2D eigenvalue weighted by atomic mass is 79.9. The molecule has 0 saturated carbocycles. The molecule has 3 aromatic carbocycles. The largest absolute Gasteiger partial charge is 0.359 e. The third-order valence-corrected chi connectivity index (χ3v) is 8.11. The second-order valence-electron chi connectivity index (χ2n) is 9.43. The molecule has 0 bridgehead atoms. The number of ketones is 2. The van der Waals surface area contributed by atoms with E-state index >= 15 is 0 Å². The molecule has 2 saturated heterocycles. The summed E-state index contributed by atoms with van der Waals surface area (Å²) in [7, 11) is 0. The first kappa shape index (κ1) is 24.5. The zero-order valence-electron chi connectivity index (χ0n) is 19.8. The van der Waals surface area contributed by atoms with Gasteiger partial charge >= 0.3 is 0 Å². The Morgan fingerprint density at radius 3 is 2.13 bits per heavy atom. The molecule has 4 atom stereocenters. The van der Waals surface area contributed by atoms with Gasteiger partial charge < -0.3 is 4.90 Å². The van der Waals surface area contributed by atoms with Gasteiger partial charge in [-0.25, -0.2) is 4.90 Å². The second kappa shape index (κ2) is 9.49. The molecule has 6 nitrogen and oxygen atoms in total. The predicted molar refractivity (Wildman–Crippen MR) is 147 cm³/mol. The number of anilines is 1. The summed E-state index contributed by atoms with van der Waals surface area (Å²) in [5.41, 5.74) is 1.77. The molecule has 38 heavy (non-hydrogen) atoms. The quantitative estimate of drug-likeness (QED) is 0.292. The first-order valence-corrected chi connectivity index (χ1v) is 13.2. The average molecular weight is 588 g/mol. The van der Waals surface area contributed by atoms with Crippen LogP contribution in [0.15, 0.2) is 107 Å². The number of hydrogen-bond acceptors (Lipinski definition) is 5. The fourth-order valence-corrected chi connectivity index (χ4v) is 5.97. The van der Waals surface area contributed by atoms with Crippen molar-refractivity contribution in [2.75, 3.05) is 4.90 Å². The number of rotatable bonds is 5. The lowest BCUT2D eigenvalue weighted by Gasteiger charge is -2.32. The van der Waals surface area contributed by atoms with Crippen molar-refractivity contribution in [2.45, 2.75) is 12.1 Å². The summed E-state index contributed by atoms with van der Waals surface area (Å²) in [6.45, 7) is 0. The molecule has 3 aromatic rings. The van der Waals surface area contributed by atoms with Crippen LogP contribution in [-0.4, -0.2) is 40.4 Å². The van der Waals surface area contributed by atoms with Crippen LogP contribution < -0.4 is 4.90 Å². The van der Waals surface area contributed by atoms with Crippen molar-refractivity contribution in [3.8, 4) is 0 Å². The number of Topliss-reactive ketones (excluding diaryl/α,β-unsaturated/α-hetero) is 2. The van der Waals surface area contributed by atoms with Gasteiger partial charge in [0.25, 0.3) is 0 Å². The van der Waals surface area contributed by atoms with Gasteiger partial charge in [-0.2, -0.15) is 0 Å². The number of halogens is 2. The molecule has 3 aliphatic heterocycles. The number of nitrogens with zero attached hydrogens (tertiary/aromatic N) is 2. The molecule has 188 valence electrons. The molecule has 0 aromatic heterocycles. The van der Waals surface area contributed by atoms with Crippen LogP contribution in [-0.2, 0) is 9.59 Å². The van der Waals surface area contributed by atoms with Gasteiger partial charge in [0, 0.05) is 32.4 Å². The lowest BCUT2D eigenvalue weighted by molar-refractivity contribution is -0.123. The van der Waals surface area contributed by atoms with Gasteiger partial charge in [-0.05, 0) is 54.6 Å². The number of fused-ring (bicyclic) bond motifs is 3. The zero-order valence-corrected chi connectivity index (χ0v) is 22.2. The van der Waals surface area contributed by atoms with Crippen molar-refractivity contribution in [3.05, 3.63) is 123 Å². The van der Waals surface area contributed by atoms with E-state index in [0.717, 1.165) is 4.47 Å². The van der Waals surface area contributed by atoms with E-state index in [9.17, 15) is 19.2 Å². The summed E-state index contributed by atoms with van der Waals surface area (Å²) in [4.78, 5) is 57.7. The number of amides is 2. The van der Waals surface area contributed by atoms with E-state index in [1.54, 1.807) is 96.0 Å². The Balaban J connectivity index is 1.43. The lowest BCUT2D eigenvalue weighted by Crippen LogP contribution is -2.46. The van der Waals surface area contributed by atoms with Crippen molar-refractivity contribution < 1.29 is 19.2 Å². The van der Waals surface area contributed by atoms with Crippen LogP contribution >= 0.6 is 27.5 Å². The van der Waals surface area contributed by atoms with E-state index in [2.05, 4.69) is 15.9 Å². The Hall–Kier alpha value is -3.81. The summed E-state index contributed by atoms with van der Waals surface area (Å²) in [6, 6.07) is 20.7. The maximum absolute atomic E-state index is 13.8. The highest BCUT2D eigenvalue weighted by molar-refractivity contribution is 9.10. The average Bonchev–Trinajstić information content (AvgIpc) is 3.41. The summed E-state index contributed by atoms with van der Waals surface area (Å²) in [6.07, 6.45) is 5.04. The molecule has 0 radical (unpaired) electrons. The molecule has 2 fully saturated rings. The van der Waals surface area contributed by atoms with Crippen molar-refractivity contribution in [1.82, 2.24) is 4.90 Å². The van der Waals surface area contributed by atoms with Gasteiger partial charge in [-0.3, -0.25) is 19.2 Å². The van der Waals surface area contributed by atoms with Crippen LogP contribution in [0, 0.1) is 11.8 Å². The Labute approximate surface area is 232 Å². The molecule has 0 spiro atoms. The first-order valence-electron chi connectivity index (χ1n) is 12.1. The predicted octanol–water partition coefficient (Wildman–Crippen LogP) is 5.48. The van der Waals surface area contributed by atoms with E-state index in [4.69, 9.17) is 11.6 Å². The maximum Gasteiger partial charge on any atom is 0.240 e. The molecular weight excluding hydrogens is 568 g/mol. The molecule has 0 N–H and O–H groups in total. The number of carbonyl (C=O) groups excluding carboxylic acids is 4. The molecular formula is C30H20BrClN2O4. The number of benzene rings is 3. The zero-order chi connectivity index (χ0) is 26.6. The second-order valence-corrected chi connectivity index (χ2v) is 10.8. The Morgan fingerprint density at radius 1 is 0.789 bits per heavy atom. The van der Waals surface area contributed by atoms with Crippen molar-refractivity contribution >= 4 is 56.6 Å². The molecule has 0 unspecified atom stereocenters. The van der Waals surface area contributed by atoms with Crippen LogP contribution in [0.4, 0.5) is 5.69 Å². The topological polar surface area (TPSA) is 74.8 Å². The van der Waals surface area contributed by atoms with E-state index in [1.165, 1.54) is 4.90 Å². The Morgan fingerprint density at radius 2 is 1.45 bits per heavy atom. The van der Waals surface area contributed by atoms with Gasteiger partial charge in [0.15, 0.2) is 11.6 Å². The van der Waals surface area contributed by atoms with E-state index in [-0.39, 0.29) is 17.5 Å².